The van der Waals surface area contributed by atoms with Crippen LogP contribution >= 0.6 is 0 Å². The molecule has 0 bridgehead atoms. The van der Waals surface area contributed by atoms with Crippen LogP contribution in [0.15, 0.2) is 40.9 Å². The predicted molar refractivity (Wildman–Crippen MR) is 93.8 cm³/mol. The molecule has 0 unspecified atom stereocenters. The van der Waals surface area contributed by atoms with Crippen LogP contribution in [0.25, 0.3) is 5.82 Å². The first-order chi connectivity index (χ1) is 12.8. The number of nitrogens with two attached hydrogens (primary N) is 1. The Hall–Kier alpha value is -3.42. The van der Waals surface area contributed by atoms with E-state index in [1.807, 2.05) is 0 Å². The van der Waals surface area contributed by atoms with Crippen molar-refractivity contribution in [1.29, 1.82) is 0 Å². The number of ether oxygens (including phenoxy) is 1. The van der Waals surface area contributed by atoms with Gasteiger partial charge in [-0.15, -0.1) is 0 Å². The molecule has 7 nitrogen and oxygen atoms in total. The molecule has 140 valence electrons. The minimum absolute atomic E-state index is 0.265. The molecule has 0 fully saturated rings. The normalized spacial score (nSPS) is 12.0. The average molecular weight is 371 g/mol. The highest BCUT2D eigenvalue weighted by molar-refractivity contribution is 5.93. The molecular weight excluding hydrogens is 353 g/mol. The molecule has 1 aromatic carbocycles. The Morgan fingerprint density at radius 3 is 2.41 bits per heavy atom. The molecule has 0 aliphatic rings. The van der Waals surface area contributed by atoms with Gasteiger partial charge in [0.1, 0.15) is 11.6 Å². The van der Waals surface area contributed by atoms with E-state index in [1.54, 1.807) is 37.5 Å². The summed E-state index contributed by atoms with van der Waals surface area (Å²) in [4.78, 5) is 24.4. The Balaban J connectivity index is 1.91. The molecule has 0 spiro atoms. The van der Waals surface area contributed by atoms with Crippen molar-refractivity contribution in [3.8, 4) is 5.82 Å². The lowest BCUT2D eigenvalue weighted by Crippen LogP contribution is -2.26. The highest BCUT2D eigenvalue weighted by Gasteiger charge is 2.26. The standard InChI is InChI=1S/C19H18FN3O4/c1-10-8-15(12(3)23(10)16-9-11(2)27-22-16)19(25)26-17(18(21)24)13-4-6-14(20)7-5-13/h4-9,17H,1-3H3,(H2,21,24)/t17-/m1/s1. The zero-order chi connectivity index (χ0) is 19.7. The van der Waals surface area contributed by atoms with E-state index in [-0.39, 0.29) is 11.1 Å². The van der Waals surface area contributed by atoms with Crippen LogP contribution in [0.4, 0.5) is 4.39 Å². The van der Waals surface area contributed by atoms with E-state index in [4.69, 9.17) is 15.0 Å². The van der Waals surface area contributed by atoms with Crippen LogP contribution in [0.3, 0.4) is 0 Å². The van der Waals surface area contributed by atoms with Gasteiger partial charge in [-0.3, -0.25) is 9.36 Å². The first-order valence-corrected chi connectivity index (χ1v) is 8.16. The molecule has 0 saturated heterocycles. The third-order valence-corrected chi connectivity index (χ3v) is 4.15. The van der Waals surface area contributed by atoms with Crippen molar-refractivity contribution in [3.05, 3.63) is 70.5 Å². The molecule has 8 heteroatoms. The number of carbonyl (C=O) groups excluding carboxylic acids is 2. The van der Waals surface area contributed by atoms with E-state index in [1.165, 1.54) is 12.1 Å². The summed E-state index contributed by atoms with van der Waals surface area (Å²) in [6, 6.07) is 8.39. The molecule has 0 aliphatic heterocycles. The second-order valence-corrected chi connectivity index (χ2v) is 6.16. The highest BCUT2D eigenvalue weighted by Crippen LogP contribution is 2.24. The van der Waals surface area contributed by atoms with Crippen LogP contribution in [-0.2, 0) is 9.53 Å². The van der Waals surface area contributed by atoms with Gasteiger partial charge in [0.05, 0.1) is 5.56 Å². The molecule has 0 aliphatic carbocycles. The fourth-order valence-electron chi connectivity index (χ4n) is 2.88. The van der Waals surface area contributed by atoms with Gasteiger partial charge in [-0.2, -0.15) is 0 Å². The van der Waals surface area contributed by atoms with Crippen LogP contribution < -0.4 is 5.73 Å². The molecule has 2 N–H and O–H groups in total. The lowest BCUT2D eigenvalue weighted by atomic mass is 10.1. The maximum Gasteiger partial charge on any atom is 0.341 e. The Morgan fingerprint density at radius 1 is 1.19 bits per heavy atom. The Bertz CT molecular complexity index is 1000. The van der Waals surface area contributed by atoms with Crippen molar-refractivity contribution in [1.82, 2.24) is 9.72 Å². The molecule has 3 rings (SSSR count). The van der Waals surface area contributed by atoms with E-state index >= 15 is 0 Å². The number of aromatic nitrogens is 2. The Morgan fingerprint density at radius 2 is 1.85 bits per heavy atom. The largest absolute Gasteiger partial charge is 0.444 e. The van der Waals surface area contributed by atoms with E-state index in [9.17, 15) is 14.0 Å². The van der Waals surface area contributed by atoms with E-state index in [0.717, 1.165) is 17.8 Å². The summed E-state index contributed by atoms with van der Waals surface area (Å²) < 4.78 is 25.2. The highest BCUT2D eigenvalue weighted by atomic mass is 19.1. The summed E-state index contributed by atoms with van der Waals surface area (Å²) in [5.41, 5.74) is 7.24. The molecule has 2 aromatic heterocycles. The number of esters is 1. The van der Waals surface area contributed by atoms with Crippen molar-refractivity contribution in [2.75, 3.05) is 0 Å². The SMILES string of the molecule is Cc1cc(-n2c(C)cc(C(=O)O[C@@H](C(N)=O)c3ccc(F)cc3)c2C)no1. The zero-order valence-electron chi connectivity index (χ0n) is 15.0. The number of halogens is 1. The first-order valence-electron chi connectivity index (χ1n) is 8.16. The predicted octanol–water partition coefficient (Wildman–Crippen LogP) is 2.91. The lowest BCUT2D eigenvalue weighted by molar-refractivity contribution is -0.127. The van der Waals surface area contributed by atoms with Crippen molar-refractivity contribution < 1.29 is 23.2 Å². The summed E-state index contributed by atoms with van der Waals surface area (Å²) in [6.07, 6.45) is -1.32. The van der Waals surface area contributed by atoms with Crippen molar-refractivity contribution >= 4 is 11.9 Å². The van der Waals surface area contributed by atoms with Crippen LogP contribution in [-0.4, -0.2) is 21.6 Å². The topological polar surface area (TPSA) is 100 Å². The molecule has 1 amide bonds. The molecule has 1 atom stereocenters. The summed E-state index contributed by atoms with van der Waals surface area (Å²) in [6.45, 7) is 5.30. The van der Waals surface area contributed by atoms with Crippen molar-refractivity contribution in [2.45, 2.75) is 26.9 Å². The minimum Gasteiger partial charge on any atom is -0.444 e. The van der Waals surface area contributed by atoms with Gasteiger partial charge in [0, 0.05) is 23.0 Å². The fraction of sp³-hybridized carbons (Fsp3) is 0.211. The van der Waals surface area contributed by atoms with Crippen LogP contribution in [0.2, 0.25) is 0 Å². The van der Waals surface area contributed by atoms with Gasteiger partial charge < -0.3 is 15.0 Å². The number of carbonyl (C=O) groups is 2. The number of amides is 1. The molecule has 2 heterocycles. The Labute approximate surface area is 154 Å². The molecule has 27 heavy (non-hydrogen) atoms. The zero-order valence-corrected chi connectivity index (χ0v) is 15.0. The molecule has 0 saturated carbocycles. The number of primary amides is 1. The number of nitrogens with zero attached hydrogens (tertiary/aromatic N) is 2. The maximum atomic E-state index is 13.1. The van der Waals surface area contributed by atoms with Crippen molar-refractivity contribution in [2.24, 2.45) is 5.73 Å². The number of hydrogen-bond donors (Lipinski definition) is 1. The fourth-order valence-corrected chi connectivity index (χ4v) is 2.88. The third kappa shape index (κ3) is 3.59. The summed E-state index contributed by atoms with van der Waals surface area (Å²) in [5.74, 6) is -0.878. The van der Waals surface area contributed by atoms with Gasteiger partial charge >= 0.3 is 5.97 Å². The van der Waals surface area contributed by atoms with Crippen molar-refractivity contribution in [3.63, 3.8) is 0 Å². The average Bonchev–Trinajstić information content (AvgIpc) is 3.16. The second kappa shape index (κ2) is 7.06. The quantitative estimate of drug-likeness (QED) is 0.695. The lowest BCUT2D eigenvalue weighted by Gasteiger charge is -2.15. The first kappa shape index (κ1) is 18.4. The van der Waals surface area contributed by atoms with Gasteiger partial charge in [-0.05, 0) is 39.0 Å². The van der Waals surface area contributed by atoms with Gasteiger partial charge in [0.15, 0.2) is 5.82 Å². The number of aryl methyl sites for hydroxylation is 2. The molecule has 3 aromatic rings. The summed E-state index contributed by atoms with van der Waals surface area (Å²) >= 11 is 0. The molecule has 0 radical (unpaired) electrons. The van der Waals surface area contributed by atoms with E-state index in [0.29, 0.717) is 17.3 Å². The summed E-state index contributed by atoms with van der Waals surface area (Å²) in [5, 5.41) is 3.95. The smallest absolute Gasteiger partial charge is 0.341 e. The molecular formula is C19H18FN3O4. The maximum absolute atomic E-state index is 13.1. The van der Waals surface area contributed by atoms with E-state index < -0.39 is 23.8 Å². The van der Waals surface area contributed by atoms with Gasteiger partial charge in [-0.25, -0.2) is 9.18 Å². The number of rotatable bonds is 5. The number of benzene rings is 1. The Kier molecular flexibility index (Phi) is 4.81. The third-order valence-electron chi connectivity index (χ3n) is 4.15. The van der Waals surface area contributed by atoms with Gasteiger partial charge in [0.2, 0.25) is 6.10 Å². The second-order valence-electron chi connectivity index (χ2n) is 6.16. The van der Waals surface area contributed by atoms with Gasteiger partial charge in [0.25, 0.3) is 5.91 Å². The summed E-state index contributed by atoms with van der Waals surface area (Å²) in [7, 11) is 0. The minimum atomic E-state index is -1.32. The number of hydrogen-bond acceptors (Lipinski definition) is 5. The van der Waals surface area contributed by atoms with Gasteiger partial charge in [-0.1, -0.05) is 17.3 Å². The van der Waals surface area contributed by atoms with Crippen LogP contribution in [0.1, 0.15) is 39.2 Å². The van der Waals surface area contributed by atoms with Crippen LogP contribution in [0, 0.1) is 26.6 Å². The van der Waals surface area contributed by atoms with E-state index in [2.05, 4.69) is 5.16 Å². The monoisotopic (exact) mass is 371 g/mol. The van der Waals surface area contributed by atoms with Crippen LogP contribution in [0.5, 0.6) is 0 Å².